The predicted octanol–water partition coefficient (Wildman–Crippen LogP) is 3.85. The van der Waals surface area contributed by atoms with E-state index in [4.69, 9.17) is 9.47 Å². The molecule has 0 radical (unpaired) electrons. The normalized spacial score (nSPS) is 21.8. The van der Waals surface area contributed by atoms with Crippen molar-refractivity contribution in [1.82, 2.24) is 4.90 Å². The lowest BCUT2D eigenvalue weighted by Crippen LogP contribution is -2.37. The summed E-state index contributed by atoms with van der Waals surface area (Å²) in [5.74, 6) is -0.0312. The molecule has 0 aliphatic carbocycles. The highest BCUT2D eigenvalue weighted by atomic mass is 19.1. The molecule has 1 amide bonds. The zero-order chi connectivity index (χ0) is 16.5. The monoisotopic (exact) mass is 313 g/mol. The molecule has 1 fully saturated rings. The Morgan fingerprint density at radius 1 is 1.36 bits per heavy atom. The van der Waals surface area contributed by atoms with Crippen LogP contribution in [0.4, 0.5) is 13.6 Å². The van der Waals surface area contributed by atoms with E-state index in [0.29, 0.717) is 11.3 Å². The first-order valence-electron chi connectivity index (χ1n) is 7.18. The van der Waals surface area contributed by atoms with Crippen LogP contribution in [-0.2, 0) is 4.74 Å². The highest BCUT2D eigenvalue weighted by Crippen LogP contribution is 2.39. The van der Waals surface area contributed by atoms with Gasteiger partial charge >= 0.3 is 6.09 Å². The Balaban J connectivity index is 2.32. The fourth-order valence-corrected chi connectivity index (χ4v) is 2.57. The van der Waals surface area contributed by atoms with Crippen molar-refractivity contribution in [3.8, 4) is 5.75 Å². The number of hydrogen-bond donors (Lipinski definition) is 0. The lowest BCUT2D eigenvalue weighted by molar-refractivity contribution is 0.0215. The number of ether oxygens (including phenoxy) is 2. The van der Waals surface area contributed by atoms with Gasteiger partial charge in [-0.2, -0.15) is 0 Å². The van der Waals surface area contributed by atoms with Crippen molar-refractivity contribution < 1.29 is 23.0 Å². The van der Waals surface area contributed by atoms with Crippen molar-refractivity contribution in [3.63, 3.8) is 0 Å². The number of methoxy groups -OCH3 is 1. The summed E-state index contributed by atoms with van der Waals surface area (Å²) in [5.41, 5.74) is -0.226. The molecule has 1 aliphatic heterocycles. The second-order valence-electron chi connectivity index (χ2n) is 6.37. The van der Waals surface area contributed by atoms with Crippen LogP contribution in [-0.4, -0.2) is 36.4 Å². The number of alkyl halides is 1. The Hall–Kier alpha value is -1.85. The van der Waals surface area contributed by atoms with E-state index in [1.165, 1.54) is 30.2 Å². The van der Waals surface area contributed by atoms with E-state index in [1.807, 2.05) is 0 Å². The van der Waals surface area contributed by atoms with Crippen LogP contribution in [0.3, 0.4) is 0 Å². The summed E-state index contributed by atoms with van der Waals surface area (Å²) in [7, 11) is 1.45. The summed E-state index contributed by atoms with van der Waals surface area (Å²) in [6.07, 6.45) is -1.69. The molecule has 1 aromatic carbocycles. The summed E-state index contributed by atoms with van der Waals surface area (Å²) in [5, 5.41) is 0. The minimum atomic E-state index is -1.18. The van der Waals surface area contributed by atoms with Gasteiger partial charge in [0, 0.05) is 12.0 Å². The van der Waals surface area contributed by atoms with Crippen LogP contribution >= 0.6 is 0 Å². The molecule has 22 heavy (non-hydrogen) atoms. The molecule has 0 spiro atoms. The lowest BCUT2D eigenvalue weighted by atomic mass is 10.0. The first-order valence-corrected chi connectivity index (χ1v) is 7.18. The Bertz CT molecular complexity index is 557. The third kappa shape index (κ3) is 3.67. The second-order valence-corrected chi connectivity index (χ2v) is 6.37. The highest BCUT2D eigenvalue weighted by molar-refractivity contribution is 5.69. The molecular weight excluding hydrogens is 292 g/mol. The molecule has 2 unspecified atom stereocenters. The highest BCUT2D eigenvalue weighted by Gasteiger charge is 2.39. The van der Waals surface area contributed by atoms with E-state index >= 15 is 0 Å². The molecule has 0 N–H and O–H groups in total. The Labute approximate surface area is 129 Å². The molecule has 1 heterocycles. The third-order valence-corrected chi connectivity index (χ3v) is 3.43. The number of amides is 1. The number of benzene rings is 1. The SMILES string of the molecule is COc1ccc(F)cc1C1CC(F)CN1C(=O)OC(C)(C)C. The van der Waals surface area contributed by atoms with Gasteiger partial charge in [0.05, 0.1) is 19.7 Å². The molecular formula is C16H21F2NO3. The van der Waals surface area contributed by atoms with Crippen LogP contribution in [0.1, 0.15) is 38.8 Å². The van der Waals surface area contributed by atoms with Crippen LogP contribution in [0.25, 0.3) is 0 Å². The van der Waals surface area contributed by atoms with Gasteiger partial charge in [-0.1, -0.05) is 0 Å². The maximum absolute atomic E-state index is 13.9. The summed E-state index contributed by atoms with van der Waals surface area (Å²) in [6.45, 7) is 5.16. The maximum atomic E-state index is 13.9. The number of hydrogen-bond acceptors (Lipinski definition) is 3. The first-order chi connectivity index (χ1) is 10.2. The molecule has 1 aliphatic rings. The molecule has 4 nitrogen and oxygen atoms in total. The lowest BCUT2D eigenvalue weighted by Gasteiger charge is -2.29. The molecule has 122 valence electrons. The molecule has 1 aromatic rings. The topological polar surface area (TPSA) is 38.8 Å². The van der Waals surface area contributed by atoms with Crippen LogP contribution < -0.4 is 4.74 Å². The summed E-state index contributed by atoms with van der Waals surface area (Å²) in [4.78, 5) is 13.6. The zero-order valence-electron chi connectivity index (χ0n) is 13.2. The molecule has 0 bridgehead atoms. The summed E-state index contributed by atoms with van der Waals surface area (Å²) >= 11 is 0. The van der Waals surface area contributed by atoms with E-state index in [9.17, 15) is 13.6 Å². The zero-order valence-corrected chi connectivity index (χ0v) is 13.2. The molecule has 2 atom stereocenters. The van der Waals surface area contributed by atoms with Crippen molar-refractivity contribution in [3.05, 3.63) is 29.6 Å². The van der Waals surface area contributed by atoms with Crippen molar-refractivity contribution in [2.24, 2.45) is 0 Å². The Morgan fingerprint density at radius 3 is 2.64 bits per heavy atom. The van der Waals surface area contributed by atoms with Gasteiger partial charge in [0.2, 0.25) is 0 Å². The Kier molecular flexibility index (Phi) is 4.58. The van der Waals surface area contributed by atoms with Crippen LogP contribution in [0.5, 0.6) is 5.75 Å². The van der Waals surface area contributed by atoms with Crippen molar-refractivity contribution in [1.29, 1.82) is 0 Å². The third-order valence-electron chi connectivity index (χ3n) is 3.43. The van der Waals surface area contributed by atoms with Gasteiger partial charge in [-0.15, -0.1) is 0 Å². The van der Waals surface area contributed by atoms with Crippen LogP contribution in [0, 0.1) is 5.82 Å². The van der Waals surface area contributed by atoms with Crippen molar-refractivity contribution in [2.75, 3.05) is 13.7 Å². The molecule has 0 saturated carbocycles. The van der Waals surface area contributed by atoms with E-state index in [0.717, 1.165) is 0 Å². The van der Waals surface area contributed by atoms with Gasteiger partial charge in [-0.25, -0.2) is 13.6 Å². The smallest absolute Gasteiger partial charge is 0.410 e. The van der Waals surface area contributed by atoms with Gasteiger partial charge in [-0.3, -0.25) is 4.90 Å². The van der Waals surface area contributed by atoms with Crippen LogP contribution in [0.15, 0.2) is 18.2 Å². The number of carbonyl (C=O) groups is 1. The fourth-order valence-electron chi connectivity index (χ4n) is 2.57. The molecule has 6 heteroatoms. The van der Waals surface area contributed by atoms with Gasteiger partial charge in [0.15, 0.2) is 0 Å². The van der Waals surface area contributed by atoms with E-state index < -0.39 is 29.7 Å². The van der Waals surface area contributed by atoms with E-state index in [2.05, 4.69) is 0 Å². The molecule has 1 saturated heterocycles. The van der Waals surface area contributed by atoms with Gasteiger partial charge in [-0.05, 0) is 39.0 Å². The number of halogens is 2. The van der Waals surface area contributed by atoms with Gasteiger partial charge in [0.25, 0.3) is 0 Å². The standard InChI is InChI=1S/C16H21F2NO3/c1-16(2,3)22-15(20)19-9-11(18)8-13(19)12-7-10(17)5-6-14(12)21-4/h5-7,11,13H,8-9H2,1-4H3. The average molecular weight is 313 g/mol. The number of carbonyl (C=O) groups excluding carboxylic acids is 1. The number of likely N-dealkylation sites (tertiary alicyclic amines) is 1. The first kappa shape index (κ1) is 16.5. The minimum absolute atomic E-state index is 0.0702. The second kappa shape index (κ2) is 6.10. The quantitative estimate of drug-likeness (QED) is 0.832. The summed E-state index contributed by atoms with van der Waals surface area (Å²) in [6, 6.07) is 3.42. The molecule has 2 rings (SSSR count). The van der Waals surface area contributed by atoms with Gasteiger partial charge in [0.1, 0.15) is 23.3 Å². The van der Waals surface area contributed by atoms with Crippen molar-refractivity contribution >= 4 is 6.09 Å². The summed E-state index contributed by atoms with van der Waals surface area (Å²) < 4.78 is 37.9. The van der Waals surface area contributed by atoms with Crippen molar-refractivity contribution in [2.45, 2.75) is 45.0 Å². The minimum Gasteiger partial charge on any atom is -0.496 e. The van der Waals surface area contributed by atoms with Gasteiger partial charge < -0.3 is 9.47 Å². The van der Waals surface area contributed by atoms with E-state index in [1.54, 1.807) is 20.8 Å². The predicted molar refractivity (Wildman–Crippen MR) is 78.1 cm³/mol. The number of nitrogens with zero attached hydrogens (tertiary/aromatic N) is 1. The number of rotatable bonds is 2. The Morgan fingerprint density at radius 2 is 2.05 bits per heavy atom. The van der Waals surface area contributed by atoms with Crippen LogP contribution in [0.2, 0.25) is 0 Å². The largest absolute Gasteiger partial charge is 0.496 e. The maximum Gasteiger partial charge on any atom is 0.410 e. The average Bonchev–Trinajstić information content (AvgIpc) is 2.79. The fraction of sp³-hybridized carbons (Fsp3) is 0.562. The molecule has 0 aromatic heterocycles. The van der Waals surface area contributed by atoms with E-state index in [-0.39, 0.29) is 13.0 Å².